The van der Waals surface area contributed by atoms with Gasteiger partial charge in [-0.1, -0.05) is 26.3 Å². The van der Waals surface area contributed by atoms with Crippen LogP contribution in [0.3, 0.4) is 0 Å². The summed E-state index contributed by atoms with van der Waals surface area (Å²) in [5.74, 6) is 1.65. The van der Waals surface area contributed by atoms with Crippen LogP contribution in [0.5, 0.6) is 0 Å². The summed E-state index contributed by atoms with van der Waals surface area (Å²) in [6.45, 7) is 6.95. The maximum absolute atomic E-state index is 4.43. The van der Waals surface area contributed by atoms with Crippen molar-refractivity contribution < 1.29 is 0 Å². The van der Waals surface area contributed by atoms with E-state index in [2.05, 4.69) is 43.2 Å². The first kappa shape index (κ1) is 12.6. The number of rotatable bonds is 3. The molecule has 0 aromatic carbocycles. The van der Waals surface area contributed by atoms with E-state index in [4.69, 9.17) is 0 Å². The van der Waals surface area contributed by atoms with E-state index in [1.807, 2.05) is 12.3 Å². The van der Waals surface area contributed by atoms with Gasteiger partial charge < -0.3 is 5.32 Å². The first-order valence-electron chi connectivity index (χ1n) is 6.83. The van der Waals surface area contributed by atoms with Crippen LogP contribution in [0.25, 0.3) is 0 Å². The van der Waals surface area contributed by atoms with E-state index >= 15 is 0 Å². The summed E-state index contributed by atoms with van der Waals surface area (Å²) in [7, 11) is 0. The van der Waals surface area contributed by atoms with E-state index in [-0.39, 0.29) is 0 Å². The number of nitrogens with zero attached hydrogens (tertiary/aromatic N) is 1. The first-order chi connectivity index (χ1) is 8.16. The highest BCUT2D eigenvalue weighted by Gasteiger charge is 2.26. The molecule has 2 nitrogen and oxygen atoms in total. The van der Waals surface area contributed by atoms with Crippen molar-refractivity contribution in [2.24, 2.45) is 11.8 Å². The molecule has 17 heavy (non-hydrogen) atoms. The van der Waals surface area contributed by atoms with Crippen LogP contribution in [0.2, 0.25) is 0 Å². The fourth-order valence-corrected chi connectivity index (χ4v) is 2.80. The van der Waals surface area contributed by atoms with Crippen LogP contribution in [0.1, 0.15) is 51.8 Å². The summed E-state index contributed by atoms with van der Waals surface area (Å²) in [4.78, 5) is 4.43. The van der Waals surface area contributed by atoms with Gasteiger partial charge in [0.1, 0.15) is 0 Å². The number of pyridine rings is 1. The predicted octanol–water partition coefficient (Wildman–Crippen LogP) is 3.56. The zero-order valence-electron chi connectivity index (χ0n) is 11.2. The number of aromatic nitrogens is 1. The lowest BCUT2D eigenvalue weighted by atomic mass is 9.80. The van der Waals surface area contributed by atoms with Gasteiger partial charge in [-0.3, -0.25) is 4.98 Å². The molecule has 1 N–H and O–H groups in total. The van der Waals surface area contributed by atoms with Gasteiger partial charge in [-0.25, -0.2) is 0 Å². The predicted molar refractivity (Wildman–Crippen MR) is 71.8 cm³/mol. The molecule has 0 bridgehead atoms. The van der Waals surface area contributed by atoms with E-state index in [1.54, 1.807) is 0 Å². The van der Waals surface area contributed by atoms with Crippen molar-refractivity contribution in [3.63, 3.8) is 0 Å². The molecule has 94 valence electrons. The fourth-order valence-electron chi connectivity index (χ4n) is 2.80. The van der Waals surface area contributed by atoms with Crippen molar-refractivity contribution in [1.29, 1.82) is 0 Å². The van der Waals surface area contributed by atoms with Crippen molar-refractivity contribution in [3.05, 3.63) is 30.1 Å². The molecule has 1 heterocycles. The van der Waals surface area contributed by atoms with Gasteiger partial charge in [-0.15, -0.1) is 0 Å². The van der Waals surface area contributed by atoms with E-state index in [0.29, 0.717) is 12.1 Å². The summed E-state index contributed by atoms with van der Waals surface area (Å²) in [5.41, 5.74) is 1.15. The zero-order chi connectivity index (χ0) is 12.3. The molecule has 2 heteroatoms. The molecular weight excluding hydrogens is 208 g/mol. The molecule has 4 unspecified atom stereocenters. The highest BCUT2D eigenvalue weighted by atomic mass is 15.0. The second-order valence-corrected chi connectivity index (χ2v) is 5.64. The standard InChI is InChI=1S/C15H24N2/c1-11-7-8-12(2)15(10-11)17-13(3)14-6-4-5-9-16-14/h4-6,9,11-13,15,17H,7-8,10H2,1-3H3. The van der Waals surface area contributed by atoms with Crippen molar-refractivity contribution in [2.45, 2.75) is 52.1 Å². The van der Waals surface area contributed by atoms with E-state index in [9.17, 15) is 0 Å². The second-order valence-electron chi connectivity index (χ2n) is 5.64. The summed E-state index contributed by atoms with van der Waals surface area (Å²) < 4.78 is 0. The quantitative estimate of drug-likeness (QED) is 0.862. The Labute approximate surface area is 105 Å². The van der Waals surface area contributed by atoms with Gasteiger partial charge in [0.2, 0.25) is 0 Å². The normalized spacial score (nSPS) is 31.1. The first-order valence-corrected chi connectivity index (χ1v) is 6.83. The van der Waals surface area contributed by atoms with Crippen LogP contribution in [0.4, 0.5) is 0 Å². The minimum atomic E-state index is 0.356. The van der Waals surface area contributed by atoms with Gasteiger partial charge in [0, 0.05) is 18.3 Å². The van der Waals surface area contributed by atoms with E-state index in [1.165, 1.54) is 19.3 Å². The van der Waals surface area contributed by atoms with Crippen LogP contribution < -0.4 is 5.32 Å². The van der Waals surface area contributed by atoms with Gasteiger partial charge in [-0.05, 0) is 43.7 Å². The molecule has 0 saturated heterocycles. The third-order valence-corrected chi connectivity index (χ3v) is 4.05. The lowest BCUT2D eigenvalue weighted by Gasteiger charge is -2.35. The van der Waals surface area contributed by atoms with Gasteiger partial charge in [-0.2, -0.15) is 0 Å². The smallest absolute Gasteiger partial charge is 0.0570 e. The molecule has 1 aliphatic carbocycles. The van der Waals surface area contributed by atoms with Crippen LogP contribution in [0, 0.1) is 11.8 Å². The van der Waals surface area contributed by atoms with Crippen molar-refractivity contribution in [1.82, 2.24) is 10.3 Å². The van der Waals surface area contributed by atoms with Crippen LogP contribution in [0.15, 0.2) is 24.4 Å². The Morgan fingerprint density at radius 1 is 1.29 bits per heavy atom. The molecule has 0 radical (unpaired) electrons. The monoisotopic (exact) mass is 232 g/mol. The Morgan fingerprint density at radius 2 is 2.12 bits per heavy atom. The minimum Gasteiger partial charge on any atom is -0.306 e. The second kappa shape index (κ2) is 5.63. The lowest BCUT2D eigenvalue weighted by molar-refractivity contribution is 0.215. The molecule has 1 aliphatic rings. The molecule has 0 amide bonds. The van der Waals surface area contributed by atoms with Crippen molar-refractivity contribution in [3.8, 4) is 0 Å². The van der Waals surface area contributed by atoms with Crippen LogP contribution >= 0.6 is 0 Å². The summed E-state index contributed by atoms with van der Waals surface area (Å²) >= 11 is 0. The van der Waals surface area contributed by atoms with E-state index < -0.39 is 0 Å². The molecule has 1 fully saturated rings. The van der Waals surface area contributed by atoms with Crippen LogP contribution in [-0.4, -0.2) is 11.0 Å². The maximum atomic E-state index is 4.43. The summed E-state index contributed by atoms with van der Waals surface area (Å²) in [6, 6.07) is 7.15. The largest absolute Gasteiger partial charge is 0.306 e. The summed E-state index contributed by atoms with van der Waals surface area (Å²) in [5, 5.41) is 3.75. The van der Waals surface area contributed by atoms with E-state index in [0.717, 1.165) is 17.5 Å². The Kier molecular flexibility index (Phi) is 4.16. The lowest BCUT2D eigenvalue weighted by Crippen LogP contribution is -2.40. The number of nitrogens with one attached hydrogen (secondary N) is 1. The van der Waals surface area contributed by atoms with Gasteiger partial charge >= 0.3 is 0 Å². The molecule has 4 atom stereocenters. The zero-order valence-corrected chi connectivity index (χ0v) is 11.2. The van der Waals surface area contributed by atoms with Gasteiger partial charge in [0.25, 0.3) is 0 Å². The molecular formula is C15H24N2. The van der Waals surface area contributed by atoms with Gasteiger partial charge in [0.05, 0.1) is 5.69 Å². The molecule has 0 spiro atoms. The average molecular weight is 232 g/mol. The van der Waals surface area contributed by atoms with Gasteiger partial charge in [0.15, 0.2) is 0 Å². The molecule has 0 aliphatic heterocycles. The highest BCUT2D eigenvalue weighted by Crippen LogP contribution is 2.29. The molecule has 1 aromatic rings. The Balaban J connectivity index is 1.96. The Hall–Kier alpha value is -0.890. The third-order valence-electron chi connectivity index (χ3n) is 4.05. The average Bonchev–Trinajstić information content (AvgIpc) is 2.35. The number of hydrogen-bond acceptors (Lipinski definition) is 2. The Morgan fingerprint density at radius 3 is 2.82 bits per heavy atom. The molecule has 1 aromatic heterocycles. The summed E-state index contributed by atoms with van der Waals surface area (Å²) in [6.07, 6.45) is 5.92. The highest BCUT2D eigenvalue weighted by molar-refractivity contribution is 5.08. The molecule has 2 rings (SSSR count). The topological polar surface area (TPSA) is 24.9 Å². The SMILES string of the molecule is CC1CCC(C)C(NC(C)c2ccccn2)C1. The third kappa shape index (κ3) is 3.29. The fraction of sp³-hybridized carbons (Fsp3) is 0.667. The molecule has 1 saturated carbocycles. The minimum absolute atomic E-state index is 0.356. The van der Waals surface area contributed by atoms with Crippen molar-refractivity contribution >= 4 is 0 Å². The van der Waals surface area contributed by atoms with Crippen LogP contribution in [-0.2, 0) is 0 Å². The number of hydrogen-bond donors (Lipinski definition) is 1. The van der Waals surface area contributed by atoms with Crippen molar-refractivity contribution in [2.75, 3.05) is 0 Å². The maximum Gasteiger partial charge on any atom is 0.0570 e. The Bertz CT molecular complexity index is 336.